The summed E-state index contributed by atoms with van der Waals surface area (Å²) in [6, 6.07) is 0. The van der Waals surface area contributed by atoms with E-state index in [2.05, 4.69) is 0 Å². The molecule has 0 heterocycles. The van der Waals surface area contributed by atoms with Crippen LogP contribution in [0.3, 0.4) is 0 Å². The molecule has 154 valence electrons. The van der Waals surface area contributed by atoms with Crippen molar-refractivity contribution in [1.29, 1.82) is 0 Å². The first-order chi connectivity index (χ1) is 10.9. The summed E-state index contributed by atoms with van der Waals surface area (Å²) in [5, 5.41) is 37.1. The van der Waals surface area contributed by atoms with Crippen LogP contribution in [0, 0.1) is 0 Å². The minimum atomic E-state index is -0.833. The summed E-state index contributed by atoms with van der Waals surface area (Å²) in [6.45, 7) is 5.42. The summed E-state index contributed by atoms with van der Waals surface area (Å²) in [4.78, 5) is 45.0. The molecule has 0 aromatic rings. The number of carboxylic acid groups (broad SMARTS) is 5. The van der Waals surface area contributed by atoms with Crippen LogP contribution in [0.25, 0.3) is 0 Å². The molecule has 0 aromatic carbocycles. The Labute approximate surface area is 204 Å². The Morgan fingerprint density at radius 2 is 0.630 bits per heavy atom. The van der Waals surface area contributed by atoms with E-state index in [-0.39, 0.29) is 67.8 Å². The van der Waals surface area contributed by atoms with Gasteiger partial charge in [-0.15, -0.1) is 0 Å². The Morgan fingerprint density at radius 1 is 0.593 bits per heavy atom. The molecule has 0 bridgehead atoms. The monoisotopic (exact) mass is 421 g/mol. The first-order valence-corrected chi connectivity index (χ1v) is 5.84. The summed E-state index contributed by atoms with van der Waals surface area (Å²) in [5.41, 5.74) is 14.4. The second-order valence-electron chi connectivity index (χ2n) is 3.26. The molecular formula is C12H29N3Na2O10. The van der Waals surface area contributed by atoms with Crippen LogP contribution in [-0.2, 0) is 24.0 Å². The largest absolute Gasteiger partial charge is 1.00 e. The molecule has 0 atom stereocenters. The van der Waals surface area contributed by atoms with Gasteiger partial charge >= 0.3 is 59.1 Å². The fourth-order valence-corrected chi connectivity index (χ4v) is 0. The van der Waals surface area contributed by atoms with Crippen LogP contribution in [0.2, 0.25) is 0 Å². The molecule has 0 saturated heterocycles. The molecule has 15 heteroatoms. The molecule has 11 N–H and O–H groups in total. The van der Waals surface area contributed by atoms with Crippen molar-refractivity contribution in [3.63, 3.8) is 0 Å². The van der Waals surface area contributed by atoms with Crippen LogP contribution in [0.4, 0.5) is 0 Å². The molecule has 0 aliphatic carbocycles. The Balaban J connectivity index is -0.0000000182. The Hall–Kier alpha value is -1.51. The van der Waals surface area contributed by atoms with Crippen LogP contribution >= 0.6 is 0 Å². The average Bonchev–Trinajstić information content (AvgIpc) is 2.24. The van der Waals surface area contributed by atoms with E-state index in [1.54, 1.807) is 0 Å². The molecule has 0 amide bonds. The Morgan fingerprint density at radius 3 is 0.630 bits per heavy atom. The Bertz CT molecular complexity index is 335. The zero-order valence-electron chi connectivity index (χ0n) is 18.6. The van der Waals surface area contributed by atoms with Crippen molar-refractivity contribution in [3.05, 3.63) is 12.0 Å². The molecular weight excluding hydrogens is 392 g/mol. The van der Waals surface area contributed by atoms with Gasteiger partial charge in [0.05, 0.1) is 0 Å². The van der Waals surface area contributed by atoms with E-state index < -0.39 is 29.8 Å². The van der Waals surface area contributed by atoms with Crippen molar-refractivity contribution in [2.75, 3.05) is 0 Å². The van der Waals surface area contributed by atoms with Crippen LogP contribution in [0.15, 0.2) is 12.0 Å². The Kier molecular flexibility index (Phi) is 81.8. The van der Waals surface area contributed by atoms with Gasteiger partial charge in [-0.1, -0.05) is 0 Å². The smallest absolute Gasteiger partial charge is 1.00 e. The maximum absolute atomic E-state index is 9.00. The molecule has 0 aliphatic heterocycles. The van der Waals surface area contributed by atoms with E-state index in [1.165, 1.54) is 0 Å². The van der Waals surface area contributed by atoms with Crippen molar-refractivity contribution in [2.45, 2.75) is 34.6 Å². The maximum Gasteiger partial charge on any atom is 1.00 e. The van der Waals surface area contributed by atoms with Crippen molar-refractivity contribution >= 4 is 29.8 Å². The van der Waals surface area contributed by atoms with Crippen molar-refractivity contribution < 1.29 is 111 Å². The van der Waals surface area contributed by atoms with E-state index in [1.807, 2.05) is 0 Å². The maximum atomic E-state index is 9.00. The van der Waals surface area contributed by atoms with E-state index in [4.69, 9.17) is 66.7 Å². The second-order valence-corrected chi connectivity index (χ2v) is 3.26. The molecule has 0 spiro atoms. The van der Waals surface area contributed by atoms with Crippen LogP contribution in [0.5, 0.6) is 0 Å². The molecule has 0 rings (SSSR count). The van der Waals surface area contributed by atoms with Gasteiger partial charge in [0.1, 0.15) is 5.82 Å². The van der Waals surface area contributed by atoms with Crippen LogP contribution in [0.1, 0.15) is 37.5 Å². The number of hydrogen-bond acceptors (Lipinski definition) is 8. The van der Waals surface area contributed by atoms with Gasteiger partial charge in [-0.3, -0.25) is 24.0 Å². The van der Waals surface area contributed by atoms with Gasteiger partial charge < -0.3 is 45.6 Å². The van der Waals surface area contributed by atoms with E-state index in [0.717, 1.165) is 40.8 Å². The predicted molar refractivity (Wildman–Crippen MR) is 89.4 cm³/mol. The third kappa shape index (κ3) is 51600. The van der Waals surface area contributed by atoms with Gasteiger partial charge in [0.25, 0.3) is 29.8 Å². The quantitative estimate of drug-likeness (QED) is 0.169. The summed E-state index contributed by atoms with van der Waals surface area (Å²) in [5.74, 6) is -4.01. The first-order valence-electron chi connectivity index (χ1n) is 5.84. The van der Waals surface area contributed by atoms with Gasteiger partial charge in [0.15, 0.2) is 0 Å². The van der Waals surface area contributed by atoms with Crippen molar-refractivity contribution in [1.82, 2.24) is 0 Å². The standard InChI is InChI=1S/C2H7N3.5C2H4O2.2Na.2H/c3-1-2(4)5;5*1-2(3)4;;;;/h1H,3-5H2;5*1H3,(H,3,4);;;;/q;;;;;;2*+1;2*-1. The van der Waals surface area contributed by atoms with E-state index in [9.17, 15) is 0 Å². The topological polar surface area (TPSA) is 265 Å². The predicted octanol–water partition coefficient (Wildman–Crippen LogP) is -6.65. The number of carboxylic acids is 5. The summed E-state index contributed by atoms with van der Waals surface area (Å²) >= 11 is 0. The third-order valence-corrected chi connectivity index (χ3v) is 0.192. The molecule has 27 heavy (non-hydrogen) atoms. The van der Waals surface area contributed by atoms with Gasteiger partial charge in [-0.2, -0.15) is 0 Å². The molecule has 0 unspecified atom stereocenters. The van der Waals surface area contributed by atoms with Crippen LogP contribution < -0.4 is 76.3 Å². The average molecular weight is 421 g/mol. The zero-order chi connectivity index (χ0) is 22.2. The molecule has 13 nitrogen and oxygen atoms in total. The molecule has 0 fully saturated rings. The number of rotatable bonds is 0. The molecule has 0 aromatic heterocycles. The molecule has 0 aliphatic rings. The summed E-state index contributed by atoms with van der Waals surface area (Å²) < 4.78 is 0. The minimum Gasteiger partial charge on any atom is -1.00 e. The van der Waals surface area contributed by atoms with Crippen molar-refractivity contribution in [2.24, 2.45) is 17.2 Å². The fourth-order valence-electron chi connectivity index (χ4n) is 0. The van der Waals surface area contributed by atoms with E-state index >= 15 is 0 Å². The van der Waals surface area contributed by atoms with Crippen LogP contribution in [-0.4, -0.2) is 55.4 Å². The van der Waals surface area contributed by atoms with E-state index in [0.29, 0.717) is 0 Å². The fraction of sp³-hybridized carbons (Fsp3) is 0.417. The zero-order valence-corrected chi connectivity index (χ0v) is 20.6. The number of carbonyl (C=O) groups is 5. The summed E-state index contributed by atoms with van der Waals surface area (Å²) in [7, 11) is 0. The minimum absolute atomic E-state index is 0. The normalized spacial score (nSPS) is 5.81. The van der Waals surface area contributed by atoms with Crippen molar-refractivity contribution in [3.8, 4) is 0 Å². The number of hydrogen-bond donors (Lipinski definition) is 8. The third-order valence-electron chi connectivity index (χ3n) is 0.192. The van der Waals surface area contributed by atoms with Gasteiger partial charge in [-0.05, 0) is 0 Å². The molecule has 0 radical (unpaired) electrons. The number of nitrogens with two attached hydrogens (primary N) is 3. The van der Waals surface area contributed by atoms with Gasteiger partial charge in [0.2, 0.25) is 0 Å². The van der Waals surface area contributed by atoms with Gasteiger partial charge in [-0.25, -0.2) is 0 Å². The number of aliphatic carboxylic acids is 5. The SMILES string of the molecule is CC(=O)O.CC(=O)O.CC(=O)O.CC(=O)O.CC(=O)O.NC=C(N)N.[H-].[H-].[Na+].[Na+]. The first kappa shape index (κ1) is 50.0. The summed E-state index contributed by atoms with van der Waals surface area (Å²) in [6.07, 6.45) is 1.14. The van der Waals surface area contributed by atoms with Gasteiger partial charge in [0, 0.05) is 40.8 Å². The second kappa shape index (κ2) is 44.2. The molecule has 0 saturated carbocycles.